The number of hydrogen-bond acceptors (Lipinski definition) is 6. The number of hydrogen-bond donors (Lipinski definition) is 1. The van der Waals surface area contributed by atoms with Gasteiger partial charge < -0.3 is 14.7 Å². The molecule has 1 aliphatic heterocycles. The lowest BCUT2D eigenvalue weighted by atomic mass is 9.58. The van der Waals surface area contributed by atoms with Crippen molar-refractivity contribution in [1.82, 2.24) is 19.8 Å². The minimum absolute atomic E-state index is 0.0525. The van der Waals surface area contributed by atoms with Gasteiger partial charge in [0.2, 0.25) is 0 Å². The molecule has 2 fully saturated rings. The first-order valence-corrected chi connectivity index (χ1v) is 8.38. The van der Waals surface area contributed by atoms with Gasteiger partial charge in [-0.25, -0.2) is 0 Å². The van der Waals surface area contributed by atoms with Crippen LogP contribution in [0.4, 0.5) is 5.82 Å². The summed E-state index contributed by atoms with van der Waals surface area (Å²) in [6.45, 7) is 6.42. The Bertz CT molecular complexity index is 706. The van der Waals surface area contributed by atoms with Crippen molar-refractivity contribution >= 4 is 11.5 Å². The van der Waals surface area contributed by atoms with E-state index in [0.29, 0.717) is 6.61 Å². The molecule has 7 heteroatoms. The zero-order valence-corrected chi connectivity index (χ0v) is 13.6. The lowest BCUT2D eigenvalue weighted by Crippen LogP contribution is -2.62. The normalized spacial score (nSPS) is 26.7. The molecule has 1 saturated carbocycles. The molecule has 7 nitrogen and oxygen atoms in total. The molecule has 1 saturated heterocycles. The molecule has 124 valence electrons. The van der Waals surface area contributed by atoms with Crippen molar-refractivity contribution in [3.8, 4) is 0 Å². The van der Waals surface area contributed by atoms with Crippen LogP contribution in [0.25, 0.3) is 5.65 Å². The van der Waals surface area contributed by atoms with Crippen LogP contribution in [0.15, 0.2) is 12.1 Å². The van der Waals surface area contributed by atoms with Crippen LogP contribution in [0, 0.1) is 12.3 Å². The van der Waals surface area contributed by atoms with Crippen LogP contribution in [-0.2, 0) is 4.74 Å². The van der Waals surface area contributed by atoms with E-state index in [9.17, 15) is 5.11 Å². The molecular formula is C16H23N5O2. The predicted molar refractivity (Wildman–Crippen MR) is 85.4 cm³/mol. The predicted octanol–water partition coefficient (Wildman–Crippen LogP) is 1.19. The summed E-state index contributed by atoms with van der Waals surface area (Å²) >= 11 is 0. The second kappa shape index (κ2) is 5.42. The lowest BCUT2D eigenvalue weighted by Gasteiger charge is -2.56. The Morgan fingerprint density at radius 2 is 2.09 bits per heavy atom. The fraction of sp³-hybridized carbons (Fsp3) is 0.688. The molecule has 2 aromatic rings. The van der Waals surface area contributed by atoms with Gasteiger partial charge in [-0.2, -0.15) is 4.52 Å². The minimum atomic E-state index is -0.225. The van der Waals surface area contributed by atoms with Gasteiger partial charge in [0.15, 0.2) is 11.5 Å². The molecule has 3 heterocycles. The third-order valence-electron chi connectivity index (χ3n) is 5.53. The van der Waals surface area contributed by atoms with Gasteiger partial charge in [-0.15, -0.1) is 15.3 Å². The summed E-state index contributed by atoms with van der Waals surface area (Å²) in [5.74, 6) is 1.73. The average molecular weight is 317 g/mol. The van der Waals surface area contributed by atoms with Crippen molar-refractivity contribution in [2.45, 2.75) is 45.3 Å². The van der Waals surface area contributed by atoms with Crippen LogP contribution in [0.2, 0.25) is 0 Å². The quantitative estimate of drug-likeness (QED) is 0.916. The van der Waals surface area contributed by atoms with Crippen molar-refractivity contribution in [3.63, 3.8) is 0 Å². The highest BCUT2D eigenvalue weighted by molar-refractivity contribution is 5.46. The molecule has 0 radical (unpaired) electrons. The highest BCUT2D eigenvalue weighted by Crippen LogP contribution is 2.51. The van der Waals surface area contributed by atoms with Crippen LogP contribution in [0.3, 0.4) is 0 Å². The lowest BCUT2D eigenvalue weighted by molar-refractivity contribution is -0.199. The summed E-state index contributed by atoms with van der Waals surface area (Å²) in [7, 11) is 0. The molecule has 2 aromatic heterocycles. The van der Waals surface area contributed by atoms with Crippen LogP contribution >= 0.6 is 0 Å². The van der Waals surface area contributed by atoms with Gasteiger partial charge >= 0.3 is 0 Å². The molecule has 4 rings (SSSR count). The average Bonchev–Trinajstić information content (AvgIpc) is 2.95. The van der Waals surface area contributed by atoms with Crippen molar-refractivity contribution in [2.75, 3.05) is 24.6 Å². The first kappa shape index (κ1) is 14.8. The number of anilines is 1. The standard InChI is InChI=1S/C16H23N5O2/c1-3-23-13-10-12(22)16(13)6-8-20(9-7-16)15-5-4-14-18-17-11(2)21(14)19-15/h4-5,12-13,22H,3,6-10H2,1-2H3/t12-,13-/m0/s1. The van der Waals surface area contributed by atoms with E-state index in [1.165, 1.54) is 0 Å². The first-order valence-electron chi connectivity index (χ1n) is 8.38. The maximum Gasteiger partial charge on any atom is 0.178 e. The van der Waals surface area contributed by atoms with Crippen LogP contribution < -0.4 is 4.90 Å². The third kappa shape index (κ3) is 2.21. The number of aliphatic hydroxyl groups excluding tert-OH is 1. The fourth-order valence-corrected chi connectivity index (χ4v) is 4.02. The first-order chi connectivity index (χ1) is 11.1. The number of aromatic nitrogens is 4. The van der Waals surface area contributed by atoms with Gasteiger partial charge in [0.1, 0.15) is 5.82 Å². The van der Waals surface area contributed by atoms with Crippen molar-refractivity contribution < 1.29 is 9.84 Å². The molecule has 23 heavy (non-hydrogen) atoms. The number of aryl methyl sites for hydroxylation is 1. The molecule has 1 N–H and O–H groups in total. The molecule has 0 bridgehead atoms. The van der Waals surface area contributed by atoms with E-state index in [1.807, 2.05) is 26.0 Å². The monoisotopic (exact) mass is 317 g/mol. The minimum Gasteiger partial charge on any atom is -0.392 e. The van der Waals surface area contributed by atoms with Gasteiger partial charge in [-0.3, -0.25) is 0 Å². The maximum atomic E-state index is 10.3. The zero-order chi connectivity index (χ0) is 16.0. The van der Waals surface area contributed by atoms with Gasteiger partial charge in [0.25, 0.3) is 0 Å². The summed E-state index contributed by atoms with van der Waals surface area (Å²) < 4.78 is 7.61. The van der Waals surface area contributed by atoms with Crippen LogP contribution in [0.1, 0.15) is 32.0 Å². The molecule has 2 aliphatic rings. The fourth-order valence-electron chi connectivity index (χ4n) is 4.02. The smallest absolute Gasteiger partial charge is 0.178 e. The van der Waals surface area contributed by atoms with E-state index >= 15 is 0 Å². The Morgan fingerprint density at radius 1 is 1.30 bits per heavy atom. The van der Waals surface area contributed by atoms with E-state index < -0.39 is 0 Å². The van der Waals surface area contributed by atoms with Crippen molar-refractivity contribution in [2.24, 2.45) is 5.41 Å². The molecule has 0 amide bonds. The molecular weight excluding hydrogens is 294 g/mol. The van der Waals surface area contributed by atoms with E-state index in [1.54, 1.807) is 4.52 Å². The van der Waals surface area contributed by atoms with Crippen molar-refractivity contribution in [3.05, 3.63) is 18.0 Å². The van der Waals surface area contributed by atoms with Gasteiger partial charge in [0, 0.05) is 31.5 Å². The van der Waals surface area contributed by atoms with Gasteiger partial charge in [-0.1, -0.05) is 0 Å². The van der Waals surface area contributed by atoms with E-state index in [-0.39, 0.29) is 17.6 Å². The summed E-state index contributed by atoms with van der Waals surface area (Å²) in [4.78, 5) is 2.28. The SMILES string of the molecule is CCO[C@H]1C[C@H](O)C12CCN(c1ccc3nnc(C)n3n1)CC2. The molecule has 2 atom stereocenters. The largest absolute Gasteiger partial charge is 0.392 e. The Morgan fingerprint density at radius 3 is 2.78 bits per heavy atom. The maximum absolute atomic E-state index is 10.3. The molecule has 0 unspecified atom stereocenters. The zero-order valence-electron chi connectivity index (χ0n) is 13.6. The summed E-state index contributed by atoms with van der Waals surface area (Å²) in [6, 6.07) is 3.95. The second-order valence-corrected chi connectivity index (χ2v) is 6.62. The molecule has 1 spiro atoms. The van der Waals surface area contributed by atoms with Gasteiger partial charge in [-0.05, 0) is 38.8 Å². The number of fused-ring (bicyclic) bond motifs is 1. The van der Waals surface area contributed by atoms with E-state index in [0.717, 1.165) is 49.6 Å². The Labute approximate surface area is 135 Å². The highest BCUT2D eigenvalue weighted by Gasteiger charge is 2.56. The van der Waals surface area contributed by atoms with E-state index in [2.05, 4.69) is 20.2 Å². The number of nitrogens with zero attached hydrogens (tertiary/aromatic N) is 5. The van der Waals surface area contributed by atoms with Crippen LogP contribution in [0.5, 0.6) is 0 Å². The molecule has 0 aromatic carbocycles. The molecule has 1 aliphatic carbocycles. The number of rotatable bonds is 3. The third-order valence-corrected chi connectivity index (χ3v) is 5.53. The number of piperidine rings is 1. The van der Waals surface area contributed by atoms with Crippen LogP contribution in [-0.4, -0.2) is 56.8 Å². The topological polar surface area (TPSA) is 75.8 Å². The number of aliphatic hydroxyl groups is 1. The Hall–Kier alpha value is -1.73. The van der Waals surface area contributed by atoms with Gasteiger partial charge in [0.05, 0.1) is 12.2 Å². The summed E-state index contributed by atoms with van der Waals surface area (Å²) in [5, 5.41) is 23.1. The summed E-state index contributed by atoms with van der Waals surface area (Å²) in [5.41, 5.74) is 0.717. The summed E-state index contributed by atoms with van der Waals surface area (Å²) in [6.07, 6.45) is 2.65. The second-order valence-electron chi connectivity index (χ2n) is 6.62. The van der Waals surface area contributed by atoms with Crippen molar-refractivity contribution in [1.29, 1.82) is 0 Å². The highest BCUT2D eigenvalue weighted by atomic mass is 16.5. The Kier molecular flexibility index (Phi) is 3.50. The number of ether oxygens (including phenoxy) is 1. The van der Waals surface area contributed by atoms with E-state index in [4.69, 9.17) is 4.74 Å². The Balaban J connectivity index is 1.51.